The normalized spacial score (nSPS) is 13.5. The van der Waals surface area contributed by atoms with Crippen molar-refractivity contribution in [2.45, 2.75) is 82.5 Å². The summed E-state index contributed by atoms with van der Waals surface area (Å²) in [6.45, 7) is 3.05. The quantitative estimate of drug-likeness (QED) is 0.0489. The van der Waals surface area contributed by atoms with Gasteiger partial charge in [-0.2, -0.15) is 0 Å². The summed E-state index contributed by atoms with van der Waals surface area (Å²) in [6.07, 6.45) is 9.06. The Hall–Kier alpha value is -5.54. The van der Waals surface area contributed by atoms with Crippen LogP contribution in [-0.2, 0) is 43.2 Å². The van der Waals surface area contributed by atoms with Crippen LogP contribution in [0, 0.1) is 0 Å². The highest BCUT2D eigenvalue weighted by Gasteiger charge is 2.32. The van der Waals surface area contributed by atoms with Crippen LogP contribution >= 0.6 is 0 Å². The topological polar surface area (TPSA) is 219 Å². The number of fused-ring (bicyclic) bond motifs is 1. The van der Waals surface area contributed by atoms with E-state index in [1.165, 1.54) is 0 Å². The summed E-state index contributed by atoms with van der Waals surface area (Å²) in [5.74, 6) is -2.79. The van der Waals surface area contributed by atoms with Gasteiger partial charge in [-0.3, -0.25) is 24.0 Å². The number of hydrogen-bond donors (Lipinski definition) is 8. The fraction of sp³-hybridized carbons (Fsp3) is 0.450. The molecule has 0 spiro atoms. The van der Waals surface area contributed by atoms with Gasteiger partial charge in [-0.1, -0.05) is 61.9 Å². The maximum absolute atomic E-state index is 14.3. The van der Waals surface area contributed by atoms with E-state index < -0.39 is 54.3 Å². The summed E-state index contributed by atoms with van der Waals surface area (Å²) >= 11 is 0. The third-order valence-electron chi connectivity index (χ3n) is 9.28. The Labute approximate surface area is 322 Å². The first-order chi connectivity index (χ1) is 26.5. The van der Waals surface area contributed by atoms with Crippen molar-refractivity contribution in [2.75, 3.05) is 33.7 Å². The zero-order valence-corrected chi connectivity index (χ0v) is 32.0. The summed E-state index contributed by atoms with van der Waals surface area (Å²) < 4.78 is 0. The lowest BCUT2D eigenvalue weighted by molar-refractivity contribution is -0.134. The lowest BCUT2D eigenvalue weighted by Gasteiger charge is -2.27. The Bertz CT molecular complexity index is 1810. The third kappa shape index (κ3) is 14.0. The monoisotopic (exact) mass is 756 g/mol. The van der Waals surface area contributed by atoms with E-state index >= 15 is 0 Å². The van der Waals surface area contributed by atoms with Crippen molar-refractivity contribution < 1.29 is 24.0 Å². The Kier molecular flexibility index (Phi) is 16.9. The highest BCUT2D eigenvalue weighted by atomic mass is 16.2. The minimum atomic E-state index is -1.09. The van der Waals surface area contributed by atoms with Gasteiger partial charge in [-0.25, -0.2) is 4.98 Å². The van der Waals surface area contributed by atoms with Gasteiger partial charge in [0.05, 0.1) is 18.9 Å². The average Bonchev–Trinajstić information content (AvgIpc) is 3.84. The van der Waals surface area contributed by atoms with Crippen LogP contribution in [0.3, 0.4) is 0 Å². The molecule has 4 atom stereocenters. The molecule has 4 rings (SSSR count). The van der Waals surface area contributed by atoms with E-state index in [0.29, 0.717) is 19.4 Å². The predicted octanol–water partition coefficient (Wildman–Crippen LogP) is 1.47. The predicted molar refractivity (Wildman–Crippen MR) is 212 cm³/mol. The summed E-state index contributed by atoms with van der Waals surface area (Å²) in [4.78, 5) is 79.6. The standard InChI is InChI=1S/C40H56N10O5/c1-4-5-18-43-33(22-29-24-42-26-46-29)39(54)48-34(20-27-13-7-6-8-14-27)40(55)47-32(17-11-12-19-50(2)3)38(53)49-35(37(52)45-25-36(41)51)21-28-23-44-31-16-10-9-15-30(28)31/h6-10,13-16,23-24,26,32-35,43-44H,4-5,11-12,17-22,25H2,1-3H3,(H2,41,51)(H,42,46)(H,45,52)(H,47,55)(H,48,54)(H,49,53)/t32-,33-,34+,35-/m0/s1. The molecule has 0 fully saturated rings. The number of carbonyl (C=O) groups is 5. The molecule has 15 heteroatoms. The van der Waals surface area contributed by atoms with Crippen molar-refractivity contribution >= 4 is 40.4 Å². The van der Waals surface area contributed by atoms with Crippen LogP contribution in [-0.4, -0.2) is 107 Å². The molecular weight excluding hydrogens is 701 g/mol. The van der Waals surface area contributed by atoms with E-state index in [1.807, 2.05) is 73.6 Å². The molecule has 0 unspecified atom stereocenters. The van der Waals surface area contributed by atoms with Crippen molar-refractivity contribution in [1.29, 1.82) is 0 Å². The summed E-state index contributed by atoms with van der Waals surface area (Å²) in [7, 11) is 3.92. The number of nitrogens with one attached hydrogen (secondary N) is 7. The molecule has 4 aromatic rings. The number of H-pyrrole nitrogens is 2. The molecule has 0 saturated heterocycles. The van der Waals surface area contributed by atoms with Gasteiger partial charge in [0, 0.05) is 48.3 Å². The highest BCUT2D eigenvalue weighted by Crippen LogP contribution is 2.19. The van der Waals surface area contributed by atoms with E-state index in [1.54, 1.807) is 18.7 Å². The number of benzene rings is 2. The van der Waals surface area contributed by atoms with Crippen molar-refractivity contribution in [3.63, 3.8) is 0 Å². The molecule has 0 aliphatic rings. The molecule has 296 valence electrons. The SMILES string of the molecule is CCCCN[C@@H](Cc1cnc[nH]1)C(=O)N[C@H](Cc1ccccc1)C(=O)N[C@@H](CCCCN(C)C)C(=O)N[C@@H](Cc1c[nH]c2ccccc12)C(=O)NCC(N)=O. The maximum Gasteiger partial charge on any atom is 0.243 e. The Morgan fingerprint density at radius 3 is 2.13 bits per heavy atom. The Balaban J connectivity index is 1.58. The van der Waals surface area contributed by atoms with Crippen molar-refractivity contribution in [3.8, 4) is 0 Å². The van der Waals surface area contributed by atoms with E-state index in [9.17, 15) is 24.0 Å². The number of amides is 5. The molecule has 0 saturated carbocycles. The molecule has 55 heavy (non-hydrogen) atoms. The molecule has 5 amide bonds. The second-order valence-corrected chi connectivity index (χ2v) is 14.1. The molecular formula is C40H56N10O5. The lowest BCUT2D eigenvalue weighted by atomic mass is 10.0. The number of nitrogens with zero attached hydrogens (tertiary/aromatic N) is 2. The number of rotatable bonds is 24. The van der Waals surface area contributed by atoms with Crippen LogP contribution in [0.4, 0.5) is 0 Å². The number of carbonyl (C=O) groups excluding carboxylic acids is 5. The largest absolute Gasteiger partial charge is 0.368 e. The number of primary amides is 1. The minimum absolute atomic E-state index is 0.108. The molecule has 9 N–H and O–H groups in total. The summed E-state index contributed by atoms with van der Waals surface area (Å²) in [5, 5.41) is 15.5. The molecule has 2 aromatic heterocycles. The number of para-hydroxylation sites is 1. The van der Waals surface area contributed by atoms with Crippen LogP contribution in [0.15, 0.2) is 73.3 Å². The summed E-state index contributed by atoms with van der Waals surface area (Å²) in [6, 6.07) is 13.1. The average molecular weight is 757 g/mol. The van der Waals surface area contributed by atoms with Crippen LogP contribution in [0.1, 0.15) is 55.8 Å². The molecule has 0 bridgehead atoms. The van der Waals surface area contributed by atoms with Gasteiger partial charge < -0.3 is 47.2 Å². The third-order valence-corrected chi connectivity index (χ3v) is 9.28. The first-order valence-electron chi connectivity index (χ1n) is 18.9. The van der Waals surface area contributed by atoms with Crippen LogP contribution in [0.2, 0.25) is 0 Å². The van der Waals surface area contributed by atoms with E-state index in [4.69, 9.17) is 5.73 Å². The van der Waals surface area contributed by atoms with Gasteiger partial charge >= 0.3 is 0 Å². The van der Waals surface area contributed by atoms with Crippen LogP contribution in [0.25, 0.3) is 10.9 Å². The number of nitrogens with two attached hydrogens (primary N) is 1. The number of imidazole rings is 1. The lowest BCUT2D eigenvalue weighted by Crippen LogP contribution is -2.59. The molecule has 0 aliphatic heterocycles. The molecule has 0 aliphatic carbocycles. The van der Waals surface area contributed by atoms with E-state index in [2.05, 4.69) is 48.5 Å². The second-order valence-electron chi connectivity index (χ2n) is 14.1. The van der Waals surface area contributed by atoms with Crippen molar-refractivity contribution in [3.05, 3.63) is 90.1 Å². The number of aromatic amines is 2. The van der Waals surface area contributed by atoms with Gasteiger partial charge in [-0.15, -0.1) is 0 Å². The maximum atomic E-state index is 14.3. The first-order valence-corrected chi connectivity index (χ1v) is 18.9. The molecule has 0 radical (unpaired) electrons. The number of unbranched alkanes of at least 4 members (excludes halogenated alkanes) is 2. The van der Waals surface area contributed by atoms with Crippen LogP contribution < -0.4 is 32.3 Å². The van der Waals surface area contributed by atoms with Gasteiger partial charge in [-0.05, 0) is 70.1 Å². The second kappa shape index (κ2) is 22.0. The Morgan fingerprint density at radius 2 is 1.44 bits per heavy atom. The molecule has 15 nitrogen and oxygen atoms in total. The van der Waals surface area contributed by atoms with Gasteiger partial charge in [0.1, 0.15) is 18.1 Å². The van der Waals surface area contributed by atoms with Crippen LogP contribution in [0.5, 0.6) is 0 Å². The molecule has 2 heterocycles. The Morgan fingerprint density at radius 1 is 0.764 bits per heavy atom. The smallest absolute Gasteiger partial charge is 0.243 e. The van der Waals surface area contributed by atoms with Crippen molar-refractivity contribution in [2.24, 2.45) is 5.73 Å². The van der Waals surface area contributed by atoms with Crippen molar-refractivity contribution in [1.82, 2.24) is 46.4 Å². The van der Waals surface area contributed by atoms with Gasteiger partial charge in [0.15, 0.2) is 0 Å². The summed E-state index contributed by atoms with van der Waals surface area (Å²) in [5.41, 5.74) is 8.55. The molecule has 2 aromatic carbocycles. The zero-order chi connectivity index (χ0) is 39.6. The zero-order valence-electron chi connectivity index (χ0n) is 32.0. The number of aromatic nitrogens is 3. The minimum Gasteiger partial charge on any atom is -0.368 e. The highest BCUT2D eigenvalue weighted by molar-refractivity contribution is 5.96. The van der Waals surface area contributed by atoms with E-state index in [0.717, 1.165) is 53.5 Å². The van der Waals surface area contributed by atoms with Gasteiger partial charge in [0.2, 0.25) is 29.5 Å². The fourth-order valence-corrected chi connectivity index (χ4v) is 6.28. The van der Waals surface area contributed by atoms with Gasteiger partial charge in [0.25, 0.3) is 0 Å². The first kappa shape index (κ1) is 42.2. The number of hydrogen-bond acceptors (Lipinski definition) is 8. The fourth-order valence-electron chi connectivity index (χ4n) is 6.28. The van der Waals surface area contributed by atoms with E-state index in [-0.39, 0.29) is 25.2 Å².